The Morgan fingerprint density at radius 3 is 2.64 bits per heavy atom. The van der Waals surface area contributed by atoms with E-state index in [-0.39, 0.29) is 21.6 Å². The fourth-order valence-electron chi connectivity index (χ4n) is 5.94. The molecule has 1 amide bonds. The summed E-state index contributed by atoms with van der Waals surface area (Å²) in [4.78, 5) is 19.5. The Kier molecular flexibility index (Phi) is 5.00. The minimum Gasteiger partial charge on any atom is -0.359 e. The van der Waals surface area contributed by atoms with E-state index in [0.717, 1.165) is 45.3 Å². The highest BCUT2D eigenvalue weighted by atomic mass is 32.2. The number of pyridine rings is 1. The van der Waals surface area contributed by atoms with Gasteiger partial charge >= 0.3 is 0 Å². The van der Waals surface area contributed by atoms with Crippen molar-refractivity contribution in [1.82, 2.24) is 19.5 Å². The van der Waals surface area contributed by atoms with Crippen molar-refractivity contribution in [2.24, 2.45) is 16.7 Å². The molecule has 4 rings (SSSR count). The summed E-state index contributed by atoms with van der Waals surface area (Å²) in [6.45, 7) is 5.90. The van der Waals surface area contributed by atoms with Gasteiger partial charge in [-0.1, -0.05) is 6.92 Å². The fraction of sp³-hybridized carbons (Fsp3) is 0.700. The molecule has 8 heteroatoms. The second kappa shape index (κ2) is 7.07. The summed E-state index contributed by atoms with van der Waals surface area (Å²) in [5, 5.41) is 2.91. The van der Waals surface area contributed by atoms with Gasteiger partial charge < -0.3 is 10.2 Å². The van der Waals surface area contributed by atoms with Gasteiger partial charge in [-0.2, -0.15) is 4.31 Å². The van der Waals surface area contributed by atoms with Gasteiger partial charge in [0.05, 0.1) is 5.41 Å². The molecule has 2 atom stereocenters. The molecule has 0 radical (unpaired) electrons. The predicted octanol–water partition coefficient (Wildman–Crippen LogP) is 1.33. The standard InChI is InChI=1S/C20H30N4O3S/c1-3-23-14-17-19(6-7-20(17,15-23)18(25)21-2)8-11-24(12-9-19)28(26,27)16-5-4-10-22-13-16/h4-5,10,13,17H,3,6-9,11-12,14-15H2,1-2H3,(H,21,25)/t17-,20+/m0/s1. The van der Waals surface area contributed by atoms with E-state index in [4.69, 9.17) is 0 Å². The zero-order chi connectivity index (χ0) is 20.0. The number of nitrogens with zero attached hydrogens (tertiary/aromatic N) is 3. The first-order valence-electron chi connectivity index (χ1n) is 10.2. The first-order chi connectivity index (χ1) is 13.4. The molecular weight excluding hydrogens is 376 g/mol. The first-order valence-corrected chi connectivity index (χ1v) is 11.7. The van der Waals surface area contributed by atoms with Crippen molar-refractivity contribution in [2.75, 3.05) is 39.8 Å². The van der Waals surface area contributed by atoms with Crippen LogP contribution in [0.15, 0.2) is 29.4 Å². The highest BCUT2D eigenvalue weighted by Gasteiger charge is 2.64. The lowest BCUT2D eigenvalue weighted by Gasteiger charge is -2.44. The highest BCUT2D eigenvalue weighted by Crippen LogP contribution is 2.62. The van der Waals surface area contributed by atoms with Gasteiger partial charge in [-0.15, -0.1) is 0 Å². The number of carbonyl (C=O) groups excluding carboxylic acids is 1. The van der Waals surface area contributed by atoms with Gasteiger partial charge in [0.25, 0.3) is 0 Å². The Bertz CT molecular complexity index is 836. The van der Waals surface area contributed by atoms with Crippen LogP contribution in [0.25, 0.3) is 0 Å². The molecule has 3 fully saturated rings. The molecule has 7 nitrogen and oxygen atoms in total. The third kappa shape index (κ3) is 2.88. The number of fused-ring (bicyclic) bond motifs is 2. The smallest absolute Gasteiger partial charge is 0.244 e. The van der Waals surface area contributed by atoms with Gasteiger partial charge in [-0.3, -0.25) is 9.78 Å². The lowest BCUT2D eigenvalue weighted by atomic mass is 9.66. The Balaban J connectivity index is 1.55. The second-order valence-electron chi connectivity index (χ2n) is 8.57. The third-order valence-corrected chi connectivity index (χ3v) is 9.42. The Hall–Kier alpha value is -1.51. The molecule has 1 spiro atoms. The number of carbonyl (C=O) groups is 1. The highest BCUT2D eigenvalue weighted by molar-refractivity contribution is 7.89. The Labute approximate surface area is 167 Å². The van der Waals surface area contributed by atoms with Crippen LogP contribution < -0.4 is 5.32 Å². The van der Waals surface area contributed by atoms with Crippen LogP contribution in [-0.4, -0.2) is 68.3 Å². The molecule has 1 aliphatic carbocycles. The first kappa shape index (κ1) is 19.8. The maximum Gasteiger partial charge on any atom is 0.244 e. The average molecular weight is 407 g/mol. The average Bonchev–Trinajstić information content (AvgIpc) is 3.25. The van der Waals surface area contributed by atoms with Crippen molar-refractivity contribution in [2.45, 2.75) is 37.5 Å². The van der Waals surface area contributed by atoms with E-state index in [9.17, 15) is 13.2 Å². The van der Waals surface area contributed by atoms with E-state index in [1.165, 1.54) is 6.20 Å². The monoisotopic (exact) mass is 406 g/mol. The van der Waals surface area contributed by atoms with E-state index in [1.54, 1.807) is 29.7 Å². The number of sulfonamides is 1. The van der Waals surface area contributed by atoms with Gasteiger partial charge in [-0.25, -0.2) is 8.42 Å². The van der Waals surface area contributed by atoms with Crippen LogP contribution in [0.5, 0.6) is 0 Å². The molecule has 1 saturated carbocycles. The van der Waals surface area contributed by atoms with E-state index in [0.29, 0.717) is 19.0 Å². The summed E-state index contributed by atoms with van der Waals surface area (Å²) in [6, 6.07) is 3.26. The lowest BCUT2D eigenvalue weighted by molar-refractivity contribution is -0.132. The number of hydrogen-bond acceptors (Lipinski definition) is 5. The van der Waals surface area contributed by atoms with Crippen molar-refractivity contribution >= 4 is 15.9 Å². The zero-order valence-electron chi connectivity index (χ0n) is 16.7. The number of piperidine rings is 1. The zero-order valence-corrected chi connectivity index (χ0v) is 17.5. The number of rotatable bonds is 4. The lowest BCUT2D eigenvalue weighted by Crippen LogP contribution is -2.49. The predicted molar refractivity (Wildman–Crippen MR) is 106 cm³/mol. The molecule has 3 heterocycles. The van der Waals surface area contributed by atoms with E-state index < -0.39 is 10.0 Å². The summed E-state index contributed by atoms with van der Waals surface area (Å²) >= 11 is 0. The Morgan fingerprint density at radius 1 is 1.29 bits per heavy atom. The van der Waals surface area contributed by atoms with Gasteiger partial charge in [0, 0.05) is 45.6 Å². The number of likely N-dealkylation sites (tertiary alicyclic amines) is 1. The van der Waals surface area contributed by atoms with E-state index >= 15 is 0 Å². The van der Waals surface area contributed by atoms with Crippen molar-refractivity contribution in [1.29, 1.82) is 0 Å². The van der Waals surface area contributed by atoms with Crippen LogP contribution in [0.2, 0.25) is 0 Å². The van der Waals surface area contributed by atoms with Crippen LogP contribution in [0.1, 0.15) is 32.6 Å². The maximum absolute atomic E-state index is 12.9. The van der Waals surface area contributed by atoms with Gasteiger partial charge in [0.15, 0.2) is 0 Å². The largest absolute Gasteiger partial charge is 0.359 e. The van der Waals surface area contributed by atoms with Gasteiger partial charge in [-0.05, 0) is 55.7 Å². The normalized spacial score (nSPS) is 30.4. The summed E-state index contributed by atoms with van der Waals surface area (Å²) in [5.74, 6) is 0.471. The quantitative estimate of drug-likeness (QED) is 0.816. The van der Waals surface area contributed by atoms with Crippen LogP contribution in [0.3, 0.4) is 0 Å². The van der Waals surface area contributed by atoms with Crippen LogP contribution in [0, 0.1) is 16.7 Å². The minimum absolute atomic E-state index is 0.0669. The topological polar surface area (TPSA) is 82.6 Å². The molecule has 0 aromatic carbocycles. The third-order valence-electron chi connectivity index (χ3n) is 7.54. The number of nitrogens with one attached hydrogen (secondary N) is 1. The maximum atomic E-state index is 12.9. The molecule has 2 aliphatic heterocycles. The number of amides is 1. The molecule has 3 aliphatic rings. The van der Waals surface area contributed by atoms with Crippen molar-refractivity contribution in [3.05, 3.63) is 24.5 Å². The molecule has 2 saturated heterocycles. The summed E-state index contributed by atoms with van der Waals surface area (Å²) in [6.07, 6.45) is 6.58. The number of aromatic nitrogens is 1. The minimum atomic E-state index is -3.50. The van der Waals surface area contributed by atoms with Crippen LogP contribution >= 0.6 is 0 Å². The Morgan fingerprint density at radius 2 is 2.04 bits per heavy atom. The molecule has 1 aromatic heterocycles. The van der Waals surface area contributed by atoms with Crippen molar-refractivity contribution in [3.8, 4) is 0 Å². The van der Waals surface area contributed by atoms with E-state index in [1.807, 2.05) is 0 Å². The van der Waals surface area contributed by atoms with Gasteiger partial charge in [0.2, 0.25) is 15.9 Å². The molecule has 28 heavy (non-hydrogen) atoms. The van der Waals surface area contributed by atoms with Gasteiger partial charge in [0.1, 0.15) is 4.90 Å². The summed E-state index contributed by atoms with van der Waals surface area (Å²) in [7, 11) is -1.77. The molecular formula is C20H30N4O3S. The van der Waals surface area contributed by atoms with Crippen LogP contribution in [0.4, 0.5) is 0 Å². The number of hydrogen-bond donors (Lipinski definition) is 1. The fourth-order valence-corrected chi connectivity index (χ4v) is 7.34. The second-order valence-corrected chi connectivity index (χ2v) is 10.5. The summed E-state index contributed by atoms with van der Waals surface area (Å²) in [5.41, 5.74) is -0.244. The van der Waals surface area contributed by atoms with Crippen molar-refractivity contribution < 1.29 is 13.2 Å². The van der Waals surface area contributed by atoms with Crippen molar-refractivity contribution in [3.63, 3.8) is 0 Å². The van der Waals surface area contributed by atoms with E-state index in [2.05, 4.69) is 22.1 Å². The SMILES string of the molecule is CCN1C[C@H]2C3(CCN(S(=O)(=O)c4cccnc4)CC3)CC[C@@]2(C(=O)NC)C1. The molecule has 1 N–H and O–H groups in total. The molecule has 1 aromatic rings. The molecule has 0 bridgehead atoms. The van der Waals surface area contributed by atoms with Crippen LogP contribution in [-0.2, 0) is 14.8 Å². The summed E-state index contributed by atoms with van der Waals surface area (Å²) < 4.78 is 27.5. The molecule has 154 valence electrons. The molecule has 0 unspecified atom stereocenters.